The molecule has 0 saturated heterocycles. The topological polar surface area (TPSA) is 56.0 Å². The highest BCUT2D eigenvalue weighted by Crippen LogP contribution is 2.20. The largest absolute Gasteiger partial charge is 0.393 e. The number of nitrogens with one attached hydrogen (secondary N) is 1. The van der Waals surface area contributed by atoms with Gasteiger partial charge >= 0.3 is 0 Å². The summed E-state index contributed by atoms with van der Waals surface area (Å²) in [6.45, 7) is 0.402. The molecule has 1 fully saturated rings. The van der Waals surface area contributed by atoms with Gasteiger partial charge in [-0.05, 0) is 18.9 Å². The van der Waals surface area contributed by atoms with E-state index in [0.717, 1.165) is 12.8 Å². The first-order valence-electron chi connectivity index (χ1n) is 5.29. The Morgan fingerprint density at radius 3 is 2.88 bits per heavy atom. The van der Waals surface area contributed by atoms with Crippen molar-refractivity contribution in [2.45, 2.75) is 31.5 Å². The second kappa shape index (κ2) is 4.60. The Hall–Kier alpha value is -1.44. The van der Waals surface area contributed by atoms with Gasteiger partial charge in [0.15, 0.2) is 0 Å². The van der Waals surface area contributed by atoms with Crippen LogP contribution >= 0.6 is 0 Å². The second-order valence-corrected chi connectivity index (χ2v) is 4.09. The van der Waals surface area contributed by atoms with E-state index in [1.165, 1.54) is 6.07 Å². The van der Waals surface area contributed by atoms with Crippen LogP contribution in [0.2, 0.25) is 0 Å². The van der Waals surface area contributed by atoms with E-state index in [1.54, 1.807) is 12.1 Å². The third kappa shape index (κ3) is 2.21. The molecule has 0 atom stereocenters. The van der Waals surface area contributed by atoms with Gasteiger partial charge in [-0.25, -0.2) is 4.39 Å². The lowest BCUT2D eigenvalue weighted by atomic mass is 9.89. The zero-order valence-corrected chi connectivity index (χ0v) is 8.78. The molecule has 0 unspecified atom stereocenters. The van der Waals surface area contributed by atoms with Crippen LogP contribution < -0.4 is 5.32 Å². The molecule has 1 aromatic carbocycles. The summed E-state index contributed by atoms with van der Waals surface area (Å²) in [6, 6.07) is 6.88. The van der Waals surface area contributed by atoms with Crippen LogP contribution in [0.25, 0.3) is 0 Å². The van der Waals surface area contributed by atoms with Crippen molar-refractivity contribution < 1.29 is 9.50 Å². The molecule has 1 aliphatic carbocycles. The molecule has 1 saturated carbocycles. The van der Waals surface area contributed by atoms with Gasteiger partial charge in [0, 0.05) is 18.2 Å². The number of halogens is 1. The molecule has 84 valence electrons. The lowest BCUT2D eigenvalue weighted by Crippen LogP contribution is -2.43. The van der Waals surface area contributed by atoms with Gasteiger partial charge in [0.25, 0.3) is 0 Å². The summed E-state index contributed by atoms with van der Waals surface area (Å²) in [7, 11) is 0. The number of hydrogen-bond donors (Lipinski definition) is 2. The average molecular weight is 220 g/mol. The standard InChI is InChI=1S/C12H13FN2O/c13-12-8(6-14)2-1-3-9(12)7-15-10-4-11(16)5-10/h1-3,10-11,15-16H,4-5,7H2. The maximum Gasteiger partial charge on any atom is 0.145 e. The Kier molecular flexibility index (Phi) is 3.18. The Morgan fingerprint density at radius 2 is 2.25 bits per heavy atom. The van der Waals surface area contributed by atoms with Gasteiger partial charge in [-0.2, -0.15) is 5.26 Å². The van der Waals surface area contributed by atoms with Crippen molar-refractivity contribution >= 4 is 0 Å². The van der Waals surface area contributed by atoms with Crippen LogP contribution in [-0.2, 0) is 6.54 Å². The Morgan fingerprint density at radius 1 is 1.50 bits per heavy atom. The first-order chi connectivity index (χ1) is 7.70. The number of nitrogens with zero attached hydrogens (tertiary/aromatic N) is 1. The van der Waals surface area contributed by atoms with Crippen LogP contribution in [0.15, 0.2) is 18.2 Å². The van der Waals surface area contributed by atoms with E-state index in [-0.39, 0.29) is 17.7 Å². The summed E-state index contributed by atoms with van der Waals surface area (Å²) >= 11 is 0. The number of benzene rings is 1. The second-order valence-electron chi connectivity index (χ2n) is 4.09. The molecule has 2 N–H and O–H groups in total. The minimum Gasteiger partial charge on any atom is -0.393 e. The molecular weight excluding hydrogens is 207 g/mol. The molecule has 0 heterocycles. The van der Waals surface area contributed by atoms with E-state index in [4.69, 9.17) is 10.4 Å². The molecule has 4 heteroatoms. The highest BCUT2D eigenvalue weighted by molar-refractivity contribution is 5.34. The lowest BCUT2D eigenvalue weighted by molar-refractivity contribution is 0.0618. The van der Waals surface area contributed by atoms with E-state index in [2.05, 4.69) is 5.32 Å². The Bertz CT molecular complexity index is 422. The lowest BCUT2D eigenvalue weighted by Gasteiger charge is -2.32. The van der Waals surface area contributed by atoms with E-state index >= 15 is 0 Å². The summed E-state index contributed by atoms with van der Waals surface area (Å²) in [5.74, 6) is -0.447. The quantitative estimate of drug-likeness (QED) is 0.807. The molecule has 0 aliphatic heterocycles. The highest BCUT2D eigenvalue weighted by Gasteiger charge is 2.26. The Balaban J connectivity index is 1.97. The van der Waals surface area contributed by atoms with Crippen LogP contribution in [0.3, 0.4) is 0 Å². The molecule has 0 radical (unpaired) electrons. The maximum absolute atomic E-state index is 13.6. The maximum atomic E-state index is 13.6. The van der Waals surface area contributed by atoms with Gasteiger partial charge in [0.1, 0.15) is 11.9 Å². The average Bonchev–Trinajstić information content (AvgIpc) is 2.24. The fraction of sp³-hybridized carbons (Fsp3) is 0.417. The zero-order chi connectivity index (χ0) is 11.5. The molecule has 16 heavy (non-hydrogen) atoms. The molecule has 3 nitrogen and oxygen atoms in total. The van der Waals surface area contributed by atoms with E-state index in [9.17, 15) is 4.39 Å². The molecule has 1 aliphatic rings. The third-order valence-electron chi connectivity index (χ3n) is 2.89. The molecular formula is C12H13FN2O. The van der Waals surface area contributed by atoms with Crippen LogP contribution in [0.4, 0.5) is 4.39 Å². The third-order valence-corrected chi connectivity index (χ3v) is 2.89. The summed E-state index contributed by atoms with van der Waals surface area (Å²) in [5, 5.41) is 20.9. The SMILES string of the molecule is N#Cc1cccc(CNC2CC(O)C2)c1F. The van der Waals surface area contributed by atoms with Gasteiger partial charge in [0.2, 0.25) is 0 Å². The van der Waals surface area contributed by atoms with E-state index in [0.29, 0.717) is 12.1 Å². The minimum absolute atomic E-state index is 0.0768. The predicted octanol–water partition coefficient (Wildman–Crippen LogP) is 1.31. The normalized spacial score (nSPS) is 23.6. The molecule has 0 amide bonds. The Labute approximate surface area is 93.5 Å². The highest BCUT2D eigenvalue weighted by atomic mass is 19.1. The fourth-order valence-electron chi connectivity index (χ4n) is 1.81. The van der Waals surface area contributed by atoms with Gasteiger partial charge in [-0.1, -0.05) is 12.1 Å². The first-order valence-corrected chi connectivity index (χ1v) is 5.29. The first kappa shape index (κ1) is 11.1. The van der Waals surface area contributed by atoms with Gasteiger partial charge in [-0.3, -0.25) is 0 Å². The van der Waals surface area contributed by atoms with E-state index < -0.39 is 5.82 Å². The zero-order valence-electron chi connectivity index (χ0n) is 8.78. The van der Waals surface area contributed by atoms with Gasteiger partial charge in [-0.15, -0.1) is 0 Å². The summed E-state index contributed by atoms with van der Waals surface area (Å²) < 4.78 is 13.6. The molecule has 2 rings (SSSR count). The number of nitriles is 1. The summed E-state index contributed by atoms with van der Waals surface area (Å²) in [6.07, 6.45) is 1.23. The predicted molar refractivity (Wildman–Crippen MR) is 57.0 cm³/mol. The number of aliphatic hydroxyl groups excluding tert-OH is 1. The molecule has 0 aromatic heterocycles. The van der Waals surface area contributed by atoms with Crippen molar-refractivity contribution in [1.82, 2.24) is 5.32 Å². The van der Waals surface area contributed by atoms with Crippen LogP contribution in [0.5, 0.6) is 0 Å². The van der Waals surface area contributed by atoms with Crippen molar-refractivity contribution in [3.63, 3.8) is 0 Å². The van der Waals surface area contributed by atoms with Gasteiger partial charge < -0.3 is 10.4 Å². The van der Waals surface area contributed by atoms with Crippen LogP contribution in [-0.4, -0.2) is 17.3 Å². The van der Waals surface area contributed by atoms with E-state index in [1.807, 2.05) is 6.07 Å². The van der Waals surface area contributed by atoms with Crippen molar-refractivity contribution in [2.75, 3.05) is 0 Å². The fourth-order valence-corrected chi connectivity index (χ4v) is 1.81. The summed E-state index contributed by atoms with van der Waals surface area (Å²) in [4.78, 5) is 0. The van der Waals surface area contributed by atoms with Crippen molar-refractivity contribution in [3.05, 3.63) is 35.1 Å². The smallest absolute Gasteiger partial charge is 0.145 e. The van der Waals surface area contributed by atoms with Crippen LogP contribution in [0.1, 0.15) is 24.0 Å². The van der Waals surface area contributed by atoms with Crippen molar-refractivity contribution in [2.24, 2.45) is 0 Å². The number of rotatable bonds is 3. The minimum atomic E-state index is -0.447. The molecule has 0 bridgehead atoms. The van der Waals surface area contributed by atoms with Crippen molar-refractivity contribution in [1.29, 1.82) is 5.26 Å². The summed E-state index contributed by atoms with van der Waals surface area (Å²) in [5.41, 5.74) is 0.577. The van der Waals surface area contributed by atoms with Crippen molar-refractivity contribution in [3.8, 4) is 6.07 Å². The molecule has 1 aromatic rings. The molecule has 0 spiro atoms. The van der Waals surface area contributed by atoms with Gasteiger partial charge in [0.05, 0.1) is 11.7 Å². The monoisotopic (exact) mass is 220 g/mol. The van der Waals surface area contributed by atoms with Crippen LogP contribution in [0, 0.1) is 17.1 Å². The number of aliphatic hydroxyl groups is 1. The number of hydrogen-bond acceptors (Lipinski definition) is 3.